The quantitative estimate of drug-likeness (QED) is 0.102. The number of hydrogen-bond acceptors (Lipinski definition) is 10. The van der Waals surface area contributed by atoms with Gasteiger partial charge in [0.05, 0.1) is 37.6 Å². The molecule has 2 fully saturated rings. The maximum absolute atomic E-state index is 12.4. The van der Waals surface area contributed by atoms with E-state index in [1.165, 1.54) is 0 Å². The van der Waals surface area contributed by atoms with Crippen LogP contribution in [0.5, 0.6) is 23.0 Å². The van der Waals surface area contributed by atoms with Gasteiger partial charge in [-0.15, -0.1) is 0 Å². The molecule has 2 unspecified atom stereocenters. The third kappa shape index (κ3) is 8.02. The minimum Gasteiger partial charge on any atom is -0.468 e. The zero-order valence-electron chi connectivity index (χ0n) is 20.4. The summed E-state index contributed by atoms with van der Waals surface area (Å²) in [5.41, 5.74) is 0.715. The normalized spacial score (nSPS) is 17.4. The standard InChI is InChI=1S/C28H26O10/c29-27(19-1-5-21(6-2-19)35-17-31-13-25-15-33-25)37-23-9-11-24(12-10-23)38-28(30)20-3-7-22(8-4-20)36-18-32-14-26-16-34-26/h1-12,25-26H,13-18H2. The summed E-state index contributed by atoms with van der Waals surface area (Å²) < 4.78 is 42.5. The van der Waals surface area contributed by atoms with Crippen LogP contribution >= 0.6 is 0 Å². The Morgan fingerprint density at radius 1 is 0.579 bits per heavy atom. The molecule has 0 aliphatic carbocycles. The van der Waals surface area contributed by atoms with Gasteiger partial charge in [0.15, 0.2) is 13.6 Å². The molecule has 0 aromatic heterocycles. The first-order chi connectivity index (χ1) is 18.6. The van der Waals surface area contributed by atoms with Gasteiger partial charge in [-0.3, -0.25) is 0 Å². The van der Waals surface area contributed by atoms with Crippen LogP contribution in [0.2, 0.25) is 0 Å². The first-order valence-corrected chi connectivity index (χ1v) is 12.0. The zero-order chi connectivity index (χ0) is 26.2. The van der Waals surface area contributed by atoms with Crippen LogP contribution in [0, 0.1) is 0 Å². The first-order valence-electron chi connectivity index (χ1n) is 12.0. The van der Waals surface area contributed by atoms with Gasteiger partial charge in [0.1, 0.15) is 35.2 Å². The van der Waals surface area contributed by atoms with E-state index >= 15 is 0 Å². The summed E-state index contributed by atoms with van der Waals surface area (Å²) in [4.78, 5) is 24.9. The zero-order valence-corrected chi connectivity index (χ0v) is 20.4. The summed E-state index contributed by atoms with van der Waals surface area (Å²) in [5.74, 6) is 0.694. The van der Waals surface area contributed by atoms with Crippen molar-refractivity contribution in [1.82, 2.24) is 0 Å². The molecule has 0 saturated carbocycles. The molecule has 0 N–H and O–H groups in total. The molecule has 10 nitrogen and oxygen atoms in total. The molecule has 3 aromatic rings. The number of hydrogen-bond donors (Lipinski definition) is 0. The Hall–Kier alpha value is -3.96. The predicted molar refractivity (Wildman–Crippen MR) is 132 cm³/mol. The van der Waals surface area contributed by atoms with E-state index in [-0.39, 0.29) is 25.8 Å². The third-order valence-corrected chi connectivity index (χ3v) is 5.45. The Morgan fingerprint density at radius 3 is 1.26 bits per heavy atom. The average molecular weight is 523 g/mol. The van der Waals surface area contributed by atoms with Crippen molar-refractivity contribution in [2.75, 3.05) is 40.0 Å². The van der Waals surface area contributed by atoms with Crippen molar-refractivity contribution in [2.45, 2.75) is 12.2 Å². The first kappa shape index (κ1) is 25.7. The molecule has 2 saturated heterocycles. The monoisotopic (exact) mass is 522 g/mol. The van der Waals surface area contributed by atoms with Crippen LogP contribution in [0.25, 0.3) is 0 Å². The van der Waals surface area contributed by atoms with Gasteiger partial charge in [0, 0.05) is 0 Å². The molecule has 38 heavy (non-hydrogen) atoms. The average Bonchev–Trinajstić information content (AvgIpc) is 3.87. The minimum absolute atomic E-state index is 0.104. The molecule has 0 bridgehead atoms. The van der Waals surface area contributed by atoms with Crippen molar-refractivity contribution in [1.29, 1.82) is 0 Å². The van der Waals surface area contributed by atoms with Crippen LogP contribution in [0.4, 0.5) is 0 Å². The fourth-order valence-corrected chi connectivity index (χ4v) is 3.19. The largest absolute Gasteiger partial charge is 0.468 e. The number of rotatable bonds is 14. The van der Waals surface area contributed by atoms with Crippen molar-refractivity contribution in [3.05, 3.63) is 83.9 Å². The van der Waals surface area contributed by atoms with Crippen molar-refractivity contribution in [3.8, 4) is 23.0 Å². The summed E-state index contributed by atoms with van der Waals surface area (Å²) in [6.45, 7) is 2.66. The van der Waals surface area contributed by atoms with E-state index in [1.54, 1.807) is 72.8 Å². The lowest BCUT2D eigenvalue weighted by molar-refractivity contribution is 0.00808. The fourth-order valence-electron chi connectivity index (χ4n) is 3.19. The highest BCUT2D eigenvalue weighted by molar-refractivity contribution is 5.92. The molecule has 3 aromatic carbocycles. The Balaban J connectivity index is 1.04. The number of esters is 2. The molecule has 10 heteroatoms. The van der Waals surface area contributed by atoms with Gasteiger partial charge >= 0.3 is 11.9 Å². The molecular weight excluding hydrogens is 496 g/mol. The van der Waals surface area contributed by atoms with E-state index in [1.807, 2.05) is 0 Å². The summed E-state index contributed by atoms with van der Waals surface area (Å²) >= 11 is 0. The van der Waals surface area contributed by atoms with E-state index in [4.69, 9.17) is 37.9 Å². The Labute approximate surface area is 218 Å². The van der Waals surface area contributed by atoms with Crippen molar-refractivity contribution >= 4 is 11.9 Å². The topological polar surface area (TPSA) is 115 Å². The maximum Gasteiger partial charge on any atom is 0.343 e. The molecule has 198 valence electrons. The van der Waals surface area contributed by atoms with Crippen molar-refractivity contribution < 1.29 is 47.5 Å². The Bertz CT molecular complexity index is 1100. The molecule has 2 heterocycles. The lowest BCUT2D eigenvalue weighted by Gasteiger charge is -2.09. The minimum atomic E-state index is -0.531. The van der Waals surface area contributed by atoms with Gasteiger partial charge in [0.25, 0.3) is 0 Å². The summed E-state index contributed by atoms with van der Waals surface area (Å²) in [6.07, 6.45) is 0.349. The fraction of sp³-hybridized carbons (Fsp3) is 0.286. The van der Waals surface area contributed by atoms with Gasteiger partial charge in [-0.05, 0) is 72.8 Å². The summed E-state index contributed by atoms with van der Waals surface area (Å²) in [7, 11) is 0. The molecule has 5 rings (SSSR count). The van der Waals surface area contributed by atoms with Crippen LogP contribution in [0.1, 0.15) is 20.7 Å². The molecule has 2 aliphatic heterocycles. The van der Waals surface area contributed by atoms with E-state index in [9.17, 15) is 9.59 Å². The van der Waals surface area contributed by atoms with E-state index < -0.39 is 11.9 Å². The molecule has 0 spiro atoms. The van der Waals surface area contributed by atoms with Crippen LogP contribution in [-0.2, 0) is 18.9 Å². The van der Waals surface area contributed by atoms with Crippen molar-refractivity contribution in [2.24, 2.45) is 0 Å². The van der Waals surface area contributed by atoms with Gasteiger partial charge in [-0.2, -0.15) is 0 Å². The molecular formula is C28H26O10. The van der Waals surface area contributed by atoms with Crippen LogP contribution in [0.3, 0.4) is 0 Å². The number of epoxide rings is 2. The lowest BCUT2D eigenvalue weighted by atomic mass is 10.2. The van der Waals surface area contributed by atoms with Gasteiger partial charge in [-0.25, -0.2) is 9.59 Å². The molecule has 0 amide bonds. The van der Waals surface area contributed by atoms with Crippen LogP contribution < -0.4 is 18.9 Å². The van der Waals surface area contributed by atoms with E-state index in [2.05, 4.69) is 0 Å². The number of ether oxygens (including phenoxy) is 8. The second-order valence-electron chi connectivity index (χ2n) is 8.48. The van der Waals surface area contributed by atoms with Gasteiger partial charge < -0.3 is 37.9 Å². The second-order valence-corrected chi connectivity index (χ2v) is 8.48. The van der Waals surface area contributed by atoms with Crippen LogP contribution in [0.15, 0.2) is 72.8 Å². The van der Waals surface area contributed by atoms with E-state index in [0.29, 0.717) is 47.3 Å². The molecule has 0 radical (unpaired) electrons. The number of benzene rings is 3. The summed E-state index contributed by atoms with van der Waals surface area (Å²) in [5, 5.41) is 0. The lowest BCUT2D eigenvalue weighted by Crippen LogP contribution is -2.10. The number of carbonyl (C=O) groups excluding carboxylic acids is 2. The highest BCUT2D eigenvalue weighted by atomic mass is 16.7. The van der Waals surface area contributed by atoms with E-state index in [0.717, 1.165) is 13.2 Å². The van der Waals surface area contributed by atoms with Gasteiger partial charge in [-0.1, -0.05) is 0 Å². The smallest absolute Gasteiger partial charge is 0.343 e. The van der Waals surface area contributed by atoms with Gasteiger partial charge in [0.2, 0.25) is 0 Å². The highest BCUT2D eigenvalue weighted by Crippen LogP contribution is 2.21. The SMILES string of the molecule is O=C(Oc1ccc(OC(=O)c2ccc(OCOCC3CO3)cc2)cc1)c1ccc(OCOCC2CO2)cc1. The molecule has 2 aliphatic rings. The number of carbonyl (C=O) groups is 2. The highest BCUT2D eigenvalue weighted by Gasteiger charge is 2.23. The second kappa shape index (κ2) is 12.5. The third-order valence-electron chi connectivity index (χ3n) is 5.45. The predicted octanol–water partition coefficient (Wildman–Crippen LogP) is 3.63. The molecule has 2 atom stereocenters. The summed E-state index contributed by atoms with van der Waals surface area (Å²) in [6, 6.07) is 19.2. The maximum atomic E-state index is 12.4. The van der Waals surface area contributed by atoms with Crippen LogP contribution in [-0.4, -0.2) is 64.2 Å². The van der Waals surface area contributed by atoms with Crippen molar-refractivity contribution in [3.63, 3.8) is 0 Å². The Morgan fingerprint density at radius 2 is 0.921 bits per heavy atom. The Kier molecular flexibility index (Phi) is 8.46.